The number of alkyl halides is 2. The number of carbonyl (C=O) groups is 1. The Labute approximate surface area is 133 Å². The van der Waals surface area contributed by atoms with E-state index in [0.29, 0.717) is 0 Å². The van der Waals surface area contributed by atoms with Gasteiger partial charge in [0.05, 0.1) is 0 Å². The summed E-state index contributed by atoms with van der Waals surface area (Å²) in [6.45, 7) is 0. The number of halogens is 2. The van der Waals surface area contributed by atoms with Crippen LogP contribution in [0.15, 0.2) is 54.6 Å². The highest BCUT2D eigenvalue weighted by atomic mass is 35.5. The van der Waals surface area contributed by atoms with Crippen molar-refractivity contribution < 1.29 is 13.2 Å². The van der Waals surface area contributed by atoms with Gasteiger partial charge in [-0.3, -0.25) is 4.79 Å². The highest BCUT2D eigenvalue weighted by Gasteiger charge is 2.44. The zero-order valence-electron chi connectivity index (χ0n) is 11.1. The first-order valence-electron chi connectivity index (χ1n) is 6.01. The van der Waals surface area contributed by atoms with Crippen LogP contribution >= 0.6 is 23.2 Å². The Bertz CT molecular complexity index is 751. The summed E-state index contributed by atoms with van der Waals surface area (Å²) in [6, 6.07) is 16.0. The maximum Gasteiger partial charge on any atom is 0.280 e. The number of sulfone groups is 1. The molecule has 2 aromatic carbocycles. The molecule has 0 N–H and O–H groups in total. The van der Waals surface area contributed by atoms with Crippen molar-refractivity contribution >= 4 is 38.8 Å². The zero-order valence-corrected chi connectivity index (χ0v) is 13.4. The van der Waals surface area contributed by atoms with Crippen LogP contribution in [0.25, 0.3) is 11.1 Å². The van der Waals surface area contributed by atoms with Crippen LogP contribution in [-0.2, 0) is 9.84 Å². The van der Waals surface area contributed by atoms with Crippen LogP contribution in [0.2, 0.25) is 0 Å². The van der Waals surface area contributed by atoms with Gasteiger partial charge in [-0.05, 0) is 11.1 Å². The average Bonchev–Trinajstić information content (AvgIpc) is 2.46. The molecule has 0 aliphatic rings. The maximum atomic E-state index is 12.1. The molecule has 0 atom stereocenters. The van der Waals surface area contributed by atoms with Crippen LogP contribution in [0.4, 0.5) is 0 Å². The molecule has 0 aliphatic heterocycles. The van der Waals surface area contributed by atoms with E-state index in [1.165, 1.54) is 12.1 Å². The van der Waals surface area contributed by atoms with E-state index in [2.05, 4.69) is 0 Å². The molecule has 0 heterocycles. The molecule has 2 rings (SSSR count). The number of Topliss-reactive ketones (excluding diaryl/α,β-unsaturated/α-hetero) is 1. The molecule has 0 aromatic heterocycles. The Balaban J connectivity index is 2.34. The minimum absolute atomic E-state index is 0.144. The molecule has 0 aliphatic carbocycles. The zero-order chi connectivity index (χ0) is 15.7. The van der Waals surface area contributed by atoms with Gasteiger partial charge in [0, 0.05) is 11.8 Å². The lowest BCUT2D eigenvalue weighted by atomic mass is 10.0. The smallest absolute Gasteiger partial charge is 0.280 e. The summed E-state index contributed by atoms with van der Waals surface area (Å²) in [4.78, 5) is 12.1. The highest BCUT2D eigenvalue weighted by molar-refractivity contribution is 7.95. The SMILES string of the molecule is CS(=O)(=O)C(Cl)(Cl)C(=O)c1ccc(-c2ccccc2)cc1. The molecule has 110 valence electrons. The van der Waals surface area contributed by atoms with Gasteiger partial charge < -0.3 is 0 Å². The first-order valence-corrected chi connectivity index (χ1v) is 8.66. The van der Waals surface area contributed by atoms with E-state index in [1.807, 2.05) is 30.3 Å². The van der Waals surface area contributed by atoms with Crippen LogP contribution in [0.1, 0.15) is 10.4 Å². The third-order valence-electron chi connectivity index (χ3n) is 2.98. The van der Waals surface area contributed by atoms with E-state index in [4.69, 9.17) is 23.2 Å². The predicted octanol–water partition coefficient (Wildman–Crippen LogP) is 3.71. The predicted molar refractivity (Wildman–Crippen MR) is 85.5 cm³/mol. The number of hydrogen-bond donors (Lipinski definition) is 0. The van der Waals surface area contributed by atoms with E-state index in [-0.39, 0.29) is 5.56 Å². The molecule has 0 fully saturated rings. The molecule has 3 nitrogen and oxygen atoms in total. The summed E-state index contributed by atoms with van der Waals surface area (Å²) >= 11 is 11.4. The molecule has 21 heavy (non-hydrogen) atoms. The van der Waals surface area contributed by atoms with Gasteiger partial charge in [-0.1, -0.05) is 77.8 Å². The van der Waals surface area contributed by atoms with E-state index in [0.717, 1.165) is 17.4 Å². The topological polar surface area (TPSA) is 51.2 Å². The van der Waals surface area contributed by atoms with Crippen LogP contribution in [-0.4, -0.2) is 24.1 Å². The quantitative estimate of drug-likeness (QED) is 0.628. The van der Waals surface area contributed by atoms with E-state index in [1.54, 1.807) is 12.1 Å². The first-order chi connectivity index (χ1) is 9.73. The summed E-state index contributed by atoms with van der Waals surface area (Å²) < 4.78 is 20.5. The van der Waals surface area contributed by atoms with Crippen LogP contribution in [0.3, 0.4) is 0 Å². The van der Waals surface area contributed by atoms with Gasteiger partial charge in [-0.2, -0.15) is 0 Å². The lowest BCUT2D eigenvalue weighted by molar-refractivity contribution is 0.0996. The second kappa shape index (κ2) is 5.79. The number of benzene rings is 2. The molecule has 0 spiro atoms. The van der Waals surface area contributed by atoms with Gasteiger partial charge in [0.1, 0.15) is 0 Å². The fourth-order valence-corrected chi connectivity index (χ4v) is 2.45. The van der Waals surface area contributed by atoms with Gasteiger partial charge in [-0.25, -0.2) is 8.42 Å². The largest absolute Gasteiger partial charge is 0.290 e. The summed E-state index contributed by atoms with van der Waals surface area (Å²) in [7, 11) is -3.93. The normalized spacial score (nSPS) is 12.1. The summed E-state index contributed by atoms with van der Waals surface area (Å²) in [5.41, 5.74) is 2.04. The number of carbonyl (C=O) groups excluding carboxylic acids is 1. The van der Waals surface area contributed by atoms with Gasteiger partial charge in [-0.15, -0.1) is 0 Å². The van der Waals surface area contributed by atoms with Crippen molar-refractivity contribution in [3.8, 4) is 11.1 Å². The van der Waals surface area contributed by atoms with Crippen molar-refractivity contribution in [2.45, 2.75) is 3.67 Å². The Kier molecular flexibility index (Phi) is 4.42. The van der Waals surface area contributed by atoms with E-state index in [9.17, 15) is 13.2 Å². The maximum absolute atomic E-state index is 12.1. The molecular weight excluding hydrogens is 331 g/mol. The van der Waals surface area contributed by atoms with Crippen molar-refractivity contribution in [2.75, 3.05) is 6.26 Å². The third-order valence-corrected chi connectivity index (χ3v) is 6.13. The van der Waals surface area contributed by atoms with Gasteiger partial charge in [0.2, 0.25) is 5.78 Å². The lowest BCUT2D eigenvalue weighted by Crippen LogP contribution is -2.34. The number of ketones is 1. The molecule has 2 aromatic rings. The van der Waals surface area contributed by atoms with Crippen LogP contribution in [0.5, 0.6) is 0 Å². The molecule has 0 amide bonds. The van der Waals surface area contributed by atoms with Crippen molar-refractivity contribution in [1.82, 2.24) is 0 Å². The van der Waals surface area contributed by atoms with Crippen molar-refractivity contribution in [3.63, 3.8) is 0 Å². The van der Waals surface area contributed by atoms with Gasteiger partial charge >= 0.3 is 0 Å². The first kappa shape index (κ1) is 16.0. The molecule has 0 bridgehead atoms. The number of rotatable bonds is 4. The third kappa shape index (κ3) is 3.28. The van der Waals surface area contributed by atoms with Crippen molar-refractivity contribution in [2.24, 2.45) is 0 Å². The van der Waals surface area contributed by atoms with Crippen molar-refractivity contribution in [1.29, 1.82) is 0 Å². The second-order valence-electron chi connectivity index (χ2n) is 4.56. The minimum Gasteiger partial charge on any atom is -0.290 e. The van der Waals surface area contributed by atoms with E-state index < -0.39 is 19.3 Å². The molecule has 0 unspecified atom stereocenters. The van der Waals surface area contributed by atoms with Gasteiger partial charge in [0.25, 0.3) is 3.67 Å². The fourth-order valence-electron chi connectivity index (χ4n) is 1.78. The Morgan fingerprint density at radius 2 is 1.38 bits per heavy atom. The van der Waals surface area contributed by atoms with Crippen LogP contribution < -0.4 is 0 Å². The Hall–Kier alpha value is -1.36. The second-order valence-corrected chi connectivity index (χ2v) is 8.49. The summed E-state index contributed by atoms with van der Waals surface area (Å²) in [5, 5.41) is 0. The van der Waals surface area contributed by atoms with Crippen LogP contribution in [0, 0.1) is 0 Å². The van der Waals surface area contributed by atoms with E-state index >= 15 is 0 Å². The molecular formula is C15H12Cl2O3S. The molecule has 6 heteroatoms. The Morgan fingerprint density at radius 3 is 1.86 bits per heavy atom. The van der Waals surface area contributed by atoms with Crippen molar-refractivity contribution in [3.05, 3.63) is 60.2 Å². The lowest BCUT2D eigenvalue weighted by Gasteiger charge is -2.16. The molecule has 0 saturated heterocycles. The summed E-state index contributed by atoms with van der Waals surface area (Å²) in [5.74, 6) is -0.854. The molecule has 0 radical (unpaired) electrons. The monoisotopic (exact) mass is 342 g/mol. The average molecular weight is 343 g/mol. The fraction of sp³-hybridized carbons (Fsp3) is 0.133. The number of hydrogen-bond acceptors (Lipinski definition) is 3. The highest BCUT2D eigenvalue weighted by Crippen LogP contribution is 2.32. The summed E-state index contributed by atoms with van der Waals surface area (Å²) in [6.07, 6.45) is 0.823. The standard InChI is InChI=1S/C15H12Cl2O3S/c1-21(19,20)15(16,17)14(18)13-9-7-12(8-10-13)11-5-3-2-4-6-11/h2-10H,1H3. The molecule has 0 saturated carbocycles. The minimum atomic E-state index is -3.93. The Morgan fingerprint density at radius 1 is 0.905 bits per heavy atom. The van der Waals surface area contributed by atoms with Gasteiger partial charge in [0.15, 0.2) is 9.84 Å².